The molecule has 0 aromatic carbocycles. The maximum absolute atomic E-state index is 10.6. The second kappa shape index (κ2) is 2.35. The first kappa shape index (κ1) is 8.29. The highest BCUT2D eigenvalue weighted by molar-refractivity contribution is 7.85. The zero-order valence-corrected chi connectivity index (χ0v) is 6.97. The third-order valence-electron chi connectivity index (χ3n) is 1.27. The molecule has 0 radical (unpaired) electrons. The Kier molecular flexibility index (Phi) is 1.77. The highest BCUT2D eigenvalue weighted by atomic mass is 32.2. The first-order chi connectivity index (χ1) is 4.91. The molecule has 0 amide bonds. The zero-order chi connectivity index (χ0) is 8.65. The van der Waals surface area contributed by atoms with Gasteiger partial charge in [0.1, 0.15) is 16.4 Å². The van der Waals surface area contributed by atoms with E-state index in [4.69, 9.17) is 8.97 Å². The molecule has 1 aromatic rings. The van der Waals surface area contributed by atoms with E-state index in [1.54, 1.807) is 6.92 Å². The van der Waals surface area contributed by atoms with Crippen LogP contribution in [0.1, 0.15) is 11.5 Å². The topological polar surface area (TPSA) is 67.5 Å². The first-order valence-electron chi connectivity index (χ1n) is 2.96. The lowest BCUT2D eigenvalue weighted by molar-refractivity contribution is 0.470. The summed E-state index contributed by atoms with van der Waals surface area (Å²) in [4.78, 5) is -0.157. The van der Waals surface area contributed by atoms with E-state index in [9.17, 15) is 8.42 Å². The average Bonchev–Trinajstić information content (AvgIpc) is 2.08. The van der Waals surface area contributed by atoms with Crippen molar-refractivity contribution in [3.8, 4) is 0 Å². The van der Waals surface area contributed by atoms with Gasteiger partial charge in [-0.3, -0.25) is 4.55 Å². The van der Waals surface area contributed by atoms with Crippen LogP contribution < -0.4 is 0 Å². The lowest BCUT2D eigenvalue weighted by Gasteiger charge is -1.89. The monoisotopic (exact) mass is 176 g/mol. The molecule has 1 N–H and O–H groups in total. The molecule has 0 atom stereocenters. The van der Waals surface area contributed by atoms with Crippen LogP contribution in [0.15, 0.2) is 15.4 Å². The summed E-state index contributed by atoms with van der Waals surface area (Å²) >= 11 is 0. The van der Waals surface area contributed by atoms with E-state index in [2.05, 4.69) is 0 Å². The molecular formula is C6H8O4S. The van der Waals surface area contributed by atoms with Gasteiger partial charge in [-0.25, -0.2) is 0 Å². The predicted molar refractivity (Wildman–Crippen MR) is 38.0 cm³/mol. The Morgan fingerprint density at radius 3 is 2.18 bits per heavy atom. The largest absolute Gasteiger partial charge is 0.465 e. The van der Waals surface area contributed by atoms with E-state index in [0.717, 1.165) is 0 Å². The van der Waals surface area contributed by atoms with Crippen LogP contribution in [-0.2, 0) is 10.1 Å². The third-order valence-corrected chi connectivity index (χ3v) is 2.23. The van der Waals surface area contributed by atoms with Crippen molar-refractivity contribution in [2.75, 3.05) is 0 Å². The molecule has 62 valence electrons. The van der Waals surface area contributed by atoms with E-state index in [1.165, 1.54) is 13.0 Å². The van der Waals surface area contributed by atoms with E-state index in [0.29, 0.717) is 5.76 Å². The summed E-state index contributed by atoms with van der Waals surface area (Å²) in [6.07, 6.45) is 0. The van der Waals surface area contributed by atoms with Crippen molar-refractivity contribution in [2.24, 2.45) is 0 Å². The molecule has 0 fully saturated rings. The van der Waals surface area contributed by atoms with Crippen LogP contribution in [-0.4, -0.2) is 13.0 Å². The minimum absolute atomic E-state index is 0.157. The Bertz CT molecular complexity index is 360. The van der Waals surface area contributed by atoms with Gasteiger partial charge in [-0.1, -0.05) is 0 Å². The molecule has 0 saturated heterocycles. The maximum atomic E-state index is 10.6. The molecule has 0 aliphatic rings. The zero-order valence-electron chi connectivity index (χ0n) is 6.16. The highest BCUT2D eigenvalue weighted by Crippen LogP contribution is 2.18. The second-order valence-corrected chi connectivity index (χ2v) is 3.64. The summed E-state index contributed by atoms with van der Waals surface area (Å²) in [6, 6.07) is 1.28. The smallest absolute Gasteiger partial charge is 0.298 e. The van der Waals surface area contributed by atoms with Gasteiger partial charge >= 0.3 is 0 Å². The molecule has 0 aliphatic heterocycles. The molecule has 1 heterocycles. The molecule has 0 bridgehead atoms. The van der Waals surface area contributed by atoms with Gasteiger partial charge in [0, 0.05) is 6.07 Å². The quantitative estimate of drug-likeness (QED) is 0.651. The second-order valence-electron chi connectivity index (χ2n) is 2.25. The lowest BCUT2D eigenvalue weighted by Crippen LogP contribution is -1.97. The van der Waals surface area contributed by atoms with Gasteiger partial charge in [-0.05, 0) is 13.8 Å². The molecule has 4 nitrogen and oxygen atoms in total. The van der Waals surface area contributed by atoms with Gasteiger partial charge in [0.2, 0.25) is 0 Å². The van der Waals surface area contributed by atoms with Gasteiger partial charge in [0.15, 0.2) is 0 Å². The molecule has 0 aliphatic carbocycles. The molecular weight excluding hydrogens is 168 g/mol. The van der Waals surface area contributed by atoms with Crippen molar-refractivity contribution < 1.29 is 17.4 Å². The lowest BCUT2D eigenvalue weighted by atomic mass is 10.4. The van der Waals surface area contributed by atoms with Crippen molar-refractivity contribution in [3.05, 3.63) is 17.6 Å². The van der Waals surface area contributed by atoms with Crippen LogP contribution in [0, 0.1) is 13.8 Å². The molecule has 0 saturated carbocycles. The Morgan fingerprint density at radius 2 is 2.00 bits per heavy atom. The molecule has 11 heavy (non-hydrogen) atoms. The van der Waals surface area contributed by atoms with Crippen LogP contribution >= 0.6 is 0 Å². The summed E-state index contributed by atoms with van der Waals surface area (Å²) in [6.45, 7) is 3.10. The fraction of sp³-hybridized carbons (Fsp3) is 0.333. The minimum atomic E-state index is -4.11. The van der Waals surface area contributed by atoms with E-state index in [-0.39, 0.29) is 10.7 Å². The molecule has 0 spiro atoms. The van der Waals surface area contributed by atoms with Gasteiger partial charge in [0.05, 0.1) is 0 Å². The Morgan fingerprint density at radius 1 is 1.45 bits per heavy atom. The number of furan rings is 1. The van der Waals surface area contributed by atoms with Gasteiger partial charge in [0.25, 0.3) is 10.1 Å². The Labute approximate surface area is 64.6 Å². The predicted octanol–water partition coefficient (Wildman–Crippen LogP) is 1.14. The normalized spacial score (nSPS) is 11.9. The summed E-state index contributed by atoms with van der Waals surface area (Å²) < 4.78 is 34.6. The number of hydrogen-bond acceptors (Lipinski definition) is 3. The van der Waals surface area contributed by atoms with Gasteiger partial charge < -0.3 is 4.42 Å². The fourth-order valence-electron chi connectivity index (χ4n) is 0.864. The standard InChI is InChI=1S/C6H8O4S/c1-4-3-6(5(2)10-4)11(7,8)9/h3H,1-2H3,(H,7,8,9). The summed E-state index contributed by atoms with van der Waals surface area (Å²) in [5.74, 6) is 0.681. The SMILES string of the molecule is Cc1cc(S(=O)(=O)O)c(C)o1. The average molecular weight is 176 g/mol. The molecule has 1 rings (SSSR count). The van der Waals surface area contributed by atoms with Crippen LogP contribution in [0.4, 0.5) is 0 Å². The van der Waals surface area contributed by atoms with Crippen LogP contribution in [0.25, 0.3) is 0 Å². The number of aryl methyl sites for hydroxylation is 2. The van der Waals surface area contributed by atoms with Crippen molar-refractivity contribution in [1.29, 1.82) is 0 Å². The summed E-state index contributed by atoms with van der Waals surface area (Å²) in [5, 5.41) is 0. The van der Waals surface area contributed by atoms with Gasteiger partial charge in [-0.2, -0.15) is 8.42 Å². The van der Waals surface area contributed by atoms with Gasteiger partial charge in [-0.15, -0.1) is 0 Å². The van der Waals surface area contributed by atoms with E-state index in [1.807, 2.05) is 0 Å². The molecule has 0 unspecified atom stereocenters. The first-order valence-corrected chi connectivity index (χ1v) is 4.40. The summed E-state index contributed by atoms with van der Waals surface area (Å²) in [5.41, 5.74) is 0. The van der Waals surface area contributed by atoms with Crippen molar-refractivity contribution in [3.63, 3.8) is 0 Å². The van der Waals surface area contributed by atoms with Crippen LogP contribution in [0.3, 0.4) is 0 Å². The van der Waals surface area contributed by atoms with E-state index >= 15 is 0 Å². The highest BCUT2D eigenvalue weighted by Gasteiger charge is 2.16. The fourth-order valence-corrected chi connectivity index (χ4v) is 1.58. The van der Waals surface area contributed by atoms with Crippen LogP contribution in [0.5, 0.6) is 0 Å². The van der Waals surface area contributed by atoms with E-state index < -0.39 is 10.1 Å². The van der Waals surface area contributed by atoms with Crippen molar-refractivity contribution in [1.82, 2.24) is 0 Å². The van der Waals surface area contributed by atoms with Crippen LogP contribution in [0.2, 0.25) is 0 Å². The molecule has 5 heteroatoms. The maximum Gasteiger partial charge on any atom is 0.298 e. The Hall–Kier alpha value is -0.810. The summed E-state index contributed by atoms with van der Waals surface area (Å²) in [7, 11) is -4.11. The number of hydrogen-bond donors (Lipinski definition) is 1. The minimum Gasteiger partial charge on any atom is -0.465 e. The van der Waals surface area contributed by atoms with Crippen molar-refractivity contribution in [2.45, 2.75) is 18.7 Å². The molecule has 1 aromatic heterocycles. The van der Waals surface area contributed by atoms with Crippen molar-refractivity contribution >= 4 is 10.1 Å². The Balaban J connectivity index is 3.36. The number of rotatable bonds is 1. The third kappa shape index (κ3) is 1.61.